The molecule has 0 unspecified atom stereocenters. The van der Waals surface area contributed by atoms with Crippen molar-refractivity contribution in [3.63, 3.8) is 0 Å². The Balaban J connectivity index is 0. The van der Waals surface area contributed by atoms with E-state index in [0.29, 0.717) is 18.2 Å². The monoisotopic (exact) mass is 202 g/mol. The quantitative estimate of drug-likeness (QED) is 0.709. The van der Waals surface area contributed by atoms with Crippen LogP contribution in [0.15, 0.2) is 0 Å². The summed E-state index contributed by atoms with van der Waals surface area (Å²) in [6.45, 7) is 12.2. The molecule has 0 rings (SSSR count). The summed E-state index contributed by atoms with van der Waals surface area (Å²) in [4.78, 5) is 11.1. The highest BCUT2D eigenvalue weighted by molar-refractivity contribution is 5.82. The Labute approximate surface area is 88.4 Å². The molecule has 0 aromatic carbocycles. The van der Waals surface area contributed by atoms with Crippen LogP contribution in [-0.4, -0.2) is 25.4 Å². The number of hydrogen-bond acceptors (Lipinski definition) is 3. The van der Waals surface area contributed by atoms with Gasteiger partial charge in [-0.05, 0) is 19.0 Å². The van der Waals surface area contributed by atoms with E-state index in [2.05, 4.69) is 19.2 Å². The third-order valence-electron chi connectivity index (χ3n) is 1.50. The Morgan fingerprint density at radius 2 is 1.71 bits per heavy atom. The smallest absolute Gasteiger partial charge is 0.149 e. The van der Waals surface area contributed by atoms with Crippen LogP contribution in [0.1, 0.15) is 34.6 Å². The first-order valence-electron chi connectivity index (χ1n) is 5.39. The highest BCUT2D eigenvalue weighted by Crippen LogP contribution is 1.93. The molecule has 0 saturated heterocycles. The molecule has 0 amide bonds. The van der Waals surface area contributed by atoms with E-state index in [-0.39, 0.29) is 5.92 Å². The zero-order valence-electron chi connectivity index (χ0n) is 10.3. The van der Waals surface area contributed by atoms with Crippen LogP contribution >= 0.6 is 0 Å². The molecular formula is C11H26N2O. The SMILES string of the molecule is CC(C)CNCC(=O)C(C)C.CCN. The van der Waals surface area contributed by atoms with Crippen molar-refractivity contribution in [1.82, 2.24) is 5.32 Å². The molecule has 3 N–H and O–H groups in total. The average Bonchev–Trinajstić information content (AvgIpc) is 2.04. The lowest BCUT2D eigenvalue weighted by molar-refractivity contribution is -0.121. The molecule has 0 aromatic heterocycles. The number of nitrogens with two attached hydrogens (primary N) is 1. The predicted octanol–water partition coefficient (Wildman–Crippen LogP) is 1.42. The molecule has 3 nitrogen and oxygen atoms in total. The van der Waals surface area contributed by atoms with Crippen molar-refractivity contribution in [1.29, 1.82) is 0 Å². The van der Waals surface area contributed by atoms with Gasteiger partial charge in [0.2, 0.25) is 0 Å². The van der Waals surface area contributed by atoms with Gasteiger partial charge in [-0.1, -0.05) is 34.6 Å². The van der Waals surface area contributed by atoms with Crippen molar-refractivity contribution in [3.05, 3.63) is 0 Å². The Kier molecular flexibility index (Phi) is 12.2. The fourth-order valence-corrected chi connectivity index (χ4v) is 0.688. The minimum absolute atomic E-state index is 0.162. The molecule has 0 atom stereocenters. The molecule has 3 heteroatoms. The van der Waals surface area contributed by atoms with Crippen molar-refractivity contribution in [2.24, 2.45) is 17.6 Å². The summed E-state index contributed by atoms with van der Waals surface area (Å²) < 4.78 is 0. The minimum Gasteiger partial charge on any atom is -0.331 e. The maximum atomic E-state index is 11.1. The molecule has 0 aliphatic carbocycles. The number of ketones is 1. The Hall–Kier alpha value is -0.410. The van der Waals surface area contributed by atoms with Gasteiger partial charge in [0.1, 0.15) is 5.78 Å². The molecule has 86 valence electrons. The average molecular weight is 202 g/mol. The lowest BCUT2D eigenvalue weighted by Gasteiger charge is -2.07. The van der Waals surface area contributed by atoms with Crippen LogP contribution in [0, 0.1) is 11.8 Å². The van der Waals surface area contributed by atoms with Gasteiger partial charge in [0.25, 0.3) is 0 Å². The zero-order chi connectivity index (χ0) is 11.6. The largest absolute Gasteiger partial charge is 0.331 e. The second kappa shape index (κ2) is 10.7. The van der Waals surface area contributed by atoms with Crippen LogP contribution < -0.4 is 11.1 Å². The number of nitrogens with one attached hydrogen (secondary N) is 1. The summed E-state index contributed by atoms with van der Waals surface area (Å²) in [5.41, 5.74) is 4.85. The number of rotatable bonds is 5. The molecule has 0 aliphatic rings. The van der Waals surface area contributed by atoms with Gasteiger partial charge in [0, 0.05) is 5.92 Å². The lowest BCUT2D eigenvalue weighted by atomic mass is 10.1. The van der Waals surface area contributed by atoms with E-state index >= 15 is 0 Å². The van der Waals surface area contributed by atoms with Crippen molar-refractivity contribution in [3.8, 4) is 0 Å². The third kappa shape index (κ3) is 14.1. The Morgan fingerprint density at radius 3 is 2.00 bits per heavy atom. The number of hydrogen-bond donors (Lipinski definition) is 2. The van der Waals surface area contributed by atoms with Crippen molar-refractivity contribution in [2.75, 3.05) is 19.6 Å². The van der Waals surface area contributed by atoms with Crippen LogP contribution in [0.5, 0.6) is 0 Å². The molecular weight excluding hydrogens is 176 g/mol. The molecule has 0 aromatic rings. The van der Waals surface area contributed by atoms with Gasteiger partial charge < -0.3 is 11.1 Å². The Bertz CT molecular complexity index is 133. The van der Waals surface area contributed by atoms with Crippen molar-refractivity contribution in [2.45, 2.75) is 34.6 Å². The van der Waals surface area contributed by atoms with Gasteiger partial charge in [-0.3, -0.25) is 4.79 Å². The number of carbonyl (C=O) groups excluding carboxylic acids is 1. The van der Waals surface area contributed by atoms with E-state index in [9.17, 15) is 4.79 Å². The highest BCUT2D eigenvalue weighted by atomic mass is 16.1. The summed E-state index contributed by atoms with van der Waals surface area (Å²) >= 11 is 0. The normalized spacial score (nSPS) is 10.0. The molecule has 0 bridgehead atoms. The lowest BCUT2D eigenvalue weighted by Crippen LogP contribution is -2.28. The second-order valence-electron chi connectivity index (χ2n) is 4.05. The van der Waals surface area contributed by atoms with Gasteiger partial charge in [-0.2, -0.15) is 0 Å². The standard InChI is InChI=1S/C9H19NO.C2H7N/c1-7(2)5-10-6-9(11)8(3)4;1-2-3/h7-8,10H,5-6H2,1-4H3;2-3H2,1H3. The van der Waals surface area contributed by atoms with E-state index < -0.39 is 0 Å². The van der Waals surface area contributed by atoms with E-state index in [1.165, 1.54) is 0 Å². The Morgan fingerprint density at radius 1 is 1.29 bits per heavy atom. The van der Waals surface area contributed by atoms with Crippen molar-refractivity contribution >= 4 is 5.78 Å². The first-order chi connectivity index (χ1) is 6.45. The topological polar surface area (TPSA) is 55.1 Å². The van der Waals surface area contributed by atoms with E-state index in [0.717, 1.165) is 13.1 Å². The maximum Gasteiger partial charge on any atom is 0.149 e. The molecule has 0 aliphatic heterocycles. The first-order valence-corrected chi connectivity index (χ1v) is 5.39. The fourth-order valence-electron chi connectivity index (χ4n) is 0.688. The minimum atomic E-state index is 0.162. The zero-order valence-corrected chi connectivity index (χ0v) is 10.3. The summed E-state index contributed by atoms with van der Waals surface area (Å²) in [5.74, 6) is 1.08. The number of Topliss-reactive ketones (excluding diaryl/α,β-unsaturated/α-hetero) is 1. The van der Waals surface area contributed by atoms with Gasteiger partial charge in [-0.25, -0.2) is 0 Å². The molecule has 14 heavy (non-hydrogen) atoms. The molecule has 0 spiro atoms. The van der Waals surface area contributed by atoms with Crippen LogP contribution in [0.4, 0.5) is 0 Å². The van der Waals surface area contributed by atoms with Crippen LogP contribution in [0.3, 0.4) is 0 Å². The molecule has 0 radical (unpaired) electrons. The van der Waals surface area contributed by atoms with Crippen LogP contribution in [0.2, 0.25) is 0 Å². The first kappa shape index (κ1) is 16.0. The fraction of sp³-hybridized carbons (Fsp3) is 0.909. The van der Waals surface area contributed by atoms with E-state index in [4.69, 9.17) is 5.73 Å². The summed E-state index contributed by atoms with van der Waals surface area (Å²) in [6, 6.07) is 0. The summed E-state index contributed by atoms with van der Waals surface area (Å²) in [6.07, 6.45) is 0. The summed E-state index contributed by atoms with van der Waals surface area (Å²) in [7, 11) is 0. The highest BCUT2D eigenvalue weighted by Gasteiger charge is 2.05. The third-order valence-corrected chi connectivity index (χ3v) is 1.50. The van der Waals surface area contributed by atoms with Crippen LogP contribution in [0.25, 0.3) is 0 Å². The van der Waals surface area contributed by atoms with Crippen molar-refractivity contribution < 1.29 is 4.79 Å². The maximum absolute atomic E-state index is 11.1. The van der Waals surface area contributed by atoms with E-state index in [1.807, 2.05) is 20.8 Å². The van der Waals surface area contributed by atoms with Gasteiger partial charge >= 0.3 is 0 Å². The van der Waals surface area contributed by atoms with Gasteiger partial charge in [0.05, 0.1) is 6.54 Å². The molecule has 0 fully saturated rings. The van der Waals surface area contributed by atoms with Gasteiger partial charge in [-0.15, -0.1) is 0 Å². The van der Waals surface area contributed by atoms with E-state index in [1.54, 1.807) is 0 Å². The second-order valence-corrected chi connectivity index (χ2v) is 4.05. The molecule has 0 heterocycles. The number of carbonyl (C=O) groups is 1. The van der Waals surface area contributed by atoms with Crippen LogP contribution in [-0.2, 0) is 4.79 Å². The van der Waals surface area contributed by atoms with Gasteiger partial charge in [0.15, 0.2) is 0 Å². The summed E-state index contributed by atoms with van der Waals surface area (Å²) in [5, 5.41) is 3.12. The molecule has 0 saturated carbocycles. The predicted molar refractivity (Wildman–Crippen MR) is 62.3 cm³/mol.